The molecule has 0 saturated carbocycles. The molecule has 0 bridgehead atoms. The Labute approximate surface area is 258 Å². The summed E-state index contributed by atoms with van der Waals surface area (Å²) in [4.78, 5) is 44.7. The Balaban J connectivity index is 3.24. The van der Waals surface area contributed by atoms with Crippen LogP contribution in [0.3, 0.4) is 0 Å². The summed E-state index contributed by atoms with van der Waals surface area (Å²) in [5, 5.41) is 17.2. The molecule has 0 saturated heterocycles. The summed E-state index contributed by atoms with van der Waals surface area (Å²) < 4.78 is 15.0. The highest BCUT2D eigenvalue weighted by atomic mass is 32.2. The molecular formula is C20H36O10S8. The van der Waals surface area contributed by atoms with E-state index in [-0.39, 0.29) is 53.2 Å². The van der Waals surface area contributed by atoms with Crippen LogP contribution in [0.5, 0.6) is 0 Å². The fourth-order valence-electron chi connectivity index (χ4n) is 1.78. The first-order valence-corrected chi connectivity index (χ1v) is 20.4. The molecule has 0 unspecified atom stereocenters. The fourth-order valence-corrected chi connectivity index (χ4v) is 7.35. The standard InChI is InChI=1S/C20H36O10S8/c21-12-37-15-27-19(24)10-32-4-3-31-2-1-29-30-17-36-8-7-35-14-26-18(23)9-33-5-6-34-11-20(25)28-16-38-13-22/h21-22H,1-17H2. The number of carbonyl (C=O) groups is 3. The molecule has 0 fully saturated rings. The van der Waals surface area contributed by atoms with E-state index in [0.29, 0.717) is 24.2 Å². The van der Waals surface area contributed by atoms with Crippen LogP contribution in [0.2, 0.25) is 0 Å². The SMILES string of the molecule is O=C(CSCCSCCOOCSCCSCOC(=O)CSCCSCC(=O)OCSCO)OCSCO. The number of rotatable bonds is 29. The molecule has 0 radical (unpaired) electrons. The first kappa shape index (κ1) is 39.0. The van der Waals surface area contributed by atoms with Crippen molar-refractivity contribution in [2.24, 2.45) is 0 Å². The number of thioether (sulfide) groups is 8. The van der Waals surface area contributed by atoms with E-state index < -0.39 is 0 Å². The summed E-state index contributed by atoms with van der Waals surface area (Å²) in [7, 11) is 0. The van der Waals surface area contributed by atoms with Crippen LogP contribution in [0.25, 0.3) is 0 Å². The number of esters is 3. The van der Waals surface area contributed by atoms with Crippen molar-refractivity contribution in [3.05, 3.63) is 0 Å². The second-order valence-electron chi connectivity index (χ2n) is 6.21. The maximum atomic E-state index is 11.7. The molecule has 0 rings (SSSR count). The van der Waals surface area contributed by atoms with Crippen LogP contribution >= 0.6 is 94.1 Å². The molecule has 0 aromatic carbocycles. The average Bonchev–Trinajstić information content (AvgIpc) is 2.90. The number of hydrogen-bond acceptors (Lipinski definition) is 18. The van der Waals surface area contributed by atoms with Gasteiger partial charge in [-0.25, -0.2) is 9.78 Å². The van der Waals surface area contributed by atoms with Gasteiger partial charge in [-0.05, 0) is 0 Å². The summed E-state index contributed by atoms with van der Waals surface area (Å²) in [6.07, 6.45) is 0. The van der Waals surface area contributed by atoms with Crippen molar-refractivity contribution in [3.63, 3.8) is 0 Å². The normalized spacial score (nSPS) is 10.9. The zero-order valence-electron chi connectivity index (χ0n) is 20.9. The minimum absolute atomic E-state index is 0.0562. The first-order valence-electron chi connectivity index (χ1n) is 11.1. The fraction of sp³-hybridized carbons (Fsp3) is 0.850. The topological polar surface area (TPSA) is 138 Å². The molecule has 224 valence electrons. The minimum atomic E-state index is -0.305. The van der Waals surface area contributed by atoms with Gasteiger partial charge < -0.3 is 24.4 Å². The summed E-state index contributed by atoms with van der Waals surface area (Å²) in [5.74, 6) is 6.76. The highest BCUT2D eigenvalue weighted by Crippen LogP contribution is 2.12. The van der Waals surface area contributed by atoms with Gasteiger partial charge in [0, 0.05) is 40.3 Å². The lowest BCUT2D eigenvalue weighted by atomic mass is 10.8. The lowest BCUT2D eigenvalue weighted by Gasteiger charge is -2.06. The number of hydrogen-bond donors (Lipinski definition) is 2. The van der Waals surface area contributed by atoms with E-state index in [1.165, 1.54) is 35.3 Å². The summed E-state index contributed by atoms with van der Waals surface area (Å²) >= 11 is 11.6. The molecule has 0 spiro atoms. The van der Waals surface area contributed by atoms with E-state index in [2.05, 4.69) is 0 Å². The van der Waals surface area contributed by atoms with E-state index in [1.54, 1.807) is 35.3 Å². The van der Waals surface area contributed by atoms with Crippen LogP contribution in [-0.2, 0) is 38.4 Å². The van der Waals surface area contributed by atoms with Crippen molar-refractivity contribution >= 4 is 112 Å². The Bertz CT molecular complexity index is 580. The van der Waals surface area contributed by atoms with Gasteiger partial charge >= 0.3 is 17.9 Å². The first-order chi connectivity index (χ1) is 18.6. The van der Waals surface area contributed by atoms with Crippen LogP contribution in [0.15, 0.2) is 0 Å². The number of carbonyl (C=O) groups excluding carboxylic acids is 3. The van der Waals surface area contributed by atoms with Crippen molar-refractivity contribution in [2.75, 3.05) is 99.8 Å². The van der Waals surface area contributed by atoms with Crippen molar-refractivity contribution in [1.29, 1.82) is 0 Å². The lowest BCUT2D eigenvalue weighted by molar-refractivity contribution is -0.274. The highest BCUT2D eigenvalue weighted by Gasteiger charge is 2.06. The zero-order chi connectivity index (χ0) is 27.9. The predicted molar refractivity (Wildman–Crippen MR) is 168 cm³/mol. The van der Waals surface area contributed by atoms with Gasteiger partial charge in [-0.3, -0.25) is 14.4 Å². The quantitative estimate of drug-likeness (QED) is 0.0296. The Kier molecular flexibility index (Phi) is 33.5. The largest absolute Gasteiger partial charge is 0.454 e. The molecule has 0 aromatic rings. The monoisotopic (exact) mass is 692 g/mol. The Hall–Kier alpha value is 1.05. The maximum absolute atomic E-state index is 11.7. The zero-order valence-corrected chi connectivity index (χ0v) is 27.5. The maximum Gasteiger partial charge on any atom is 0.316 e. The molecule has 0 aliphatic heterocycles. The van der Waals surface area contributed by atoms with Gasteiger partial charge in [0.1, 0.15) is 23.8 Å². The summed E-state index contributed by atoms with van der Waals surface area (Å²) in [6, 6.07) is 0. The van der Waals surface area contributed by atoms with Crippen LogP contribution < -0.4 is 0 Å². The second kappa shape index (κ2) is 32.6. The Morgan fingerprint density at radius 1 is 0.447 bits per heavy atom. The van der Waals surface area contributed by atoms with Crippen LogP contribution in [0.1, 0.15) is 0 Å². The Morgan fingerprint density at radius 3 is 1.32 bits per heavy atom. The molecule has 0 amide bonds. The third-order valence-electron chi connectivity index (χ3n) is 3.39. The van der Waals surface area contributed by atoms with Gasteiger partial charge in [0.05, 0.1) is 35.7 Å². The van der Waals surface area contributed by atoms with Crippen LogP contribution in [0.4, 0.5) is 0 Å². The summed E-state index contributed by atoms with van der Waals surface area (Å²) in [6.45, 7) is 0.495. The van der Waals surface area contributed by atoms with Crippen molar-refractivity contribution in [3.8, 4) is 0 Å². The van der Waals surface area contributed by atoms with Crippen molar-refractivity contribution in [2.45, 2.75) is 0 Å². The average molecular weight is 693 g/mol. The van der Waals surface area contributed by atoms with E-state index in [0.717, 1.165) is 63.8 Å². The number of aliphatic hydroxyl groups is 2. The van der Waals surface area contributed by atoms with E-state index >= 15 is 0 Å². The van der Waals surface area contributed by atoms with Gasteiger partial charge in [-0.1, -0.05) is 23.5 Å². The molecule has 2 N–H and O–H groups in total. The number of ether oxygens (including phenoxy) is 3. The van der Waals surface area contributed by atoms with E-state index in [4.69, 9.17) is 34.2 Å². The molecule has 0 aromatic heterocycles. The van der Waals surface area contributed by atoms with Gasteiger partial charge in [0.2, 0.25) is 0 Å². The van der Waals surface area contributed by atoms with Crippen molar-refractivity contribution in [1.82, 2.24) is 0 Å². The van der Waals surface area contributed by atoms with Gasteiger partial charge in [0.15, 0.2) is 0 Å². The minimum Gasteiger partial charge on any atom is -0.454 e. The lowest BCUT2D eigenvalue weighted by Crippen LogP contribution is -2.09. The third-order valence-corrected chi connectivity index (χ3v) is 10.4. The molecule has 0 aliphatic carbocycles. The van der Waals surface area contributed by atoms with Crippen LogP contribution in [0, 0.1) is 0 Å². The van der Waals surface area contributed by atoms with E-state index in [1.807, 2.05) is 0 Å². The van der Waals surface area contributed by atoms with E-state index in [9.17, 15) is 14.4 Å². The molecular weight excluding hydrogens is 657 g/mol. The highest BCUT2D eigenvalue weighted by molar-refractivity contribution is 8.04. The molecule has 10 nitrogen and oxygen atoms in total. The van der Waals surface area contributed by atoms with Crippen LogP contribution in [-0.4, -0.2) is 128 Å². The molecule has 18 heteroatoms. The van der Waals surface area contributed by atoms with Crippen molar-refractivity contribution < 1.29 is 48.6 Å². The summed E-state index contributed by atoms with van der Waals surface area (Å²) in [5.41, 5.74) is 0. The molecule has 0 aliphatic rings. The molecule has 38 heavy (non-hydrogen) atoms. The molecule has 0 atom stereocenters. The third kappa shape index (κ3) is 31.6. The second-order valence-corrected chi connectivity index (χ2v) is 14.7. The molecule has 0 heterocycles. The van der Waals surface area contributed by atoms with Gasteiger partial charge in [-0.15, -0.1) is 58.8 Å². The smallest absolute Gasteiger partial charge is 0.316 e. The van der Waals surface area contributed by atoms with Gasteiger partial charge in [-0.2, -0.15) is 11.8 Å². The number of aliphatic hydroxyl groups excluding tert-OH is 2. The van der Waals surface area contributed by atoms with Gasteiger partial charge in [0.25, 0.3) is 0 Å². The Morgan fingerprint density at radius 2 is 0.842 bits per heavy atom. The predicted octanol–water partition coefficient (Wildman–Crippen LogP) is 3.16.